The molecule has 9 heteroatoms. The second-order valence-corrected chi connectivity index (χ2v) is 10.1. The predicted octanol–water partition coefficient (Wildman–Crippen LogP) is 2.63. The quantitative estimate of drug-likeness (QED) is 0.468. The lowest BCUT2D eigenvalue weighted by molar-refractivity contribution is -0.124. The van der Waals surface area contributed by atoms with Crippen LogP contribution in [0, 0.1) is 6.92 Å². The van der Waals surface area contributed by atoms with E-state index < -0.39 is 6.04 Å². The minimum Gasteiger partial charge on any atom is -0.384 e. The van der Waals surface area contributed by atoms with E-state index in [0.717, 1.165) is 36.3 Å². The molecule has 0 unspecified atom stereocenters. The summed E-state index contributed by atoms with van der Waals surface area (Å²) in [6.07, 6.45) is 9.09. The molecule has 9 nitrogen and oxygen atoms in total. The lowest BCUT2D eigenvalue weighted by atomic mass is 9.87. The highest BCUT2D eigenvalue weighted by Gasteiger charge is 2.31. The van der Waals surface area contributed by atoms with Gasteiger partial charge in [-0.1, -0.05) is 42.5 Å². The molecule has 0 radical (unpaired) electrons. The fraction of sp³-hybridized carbons (Fsp3) is 0.310. The van der Waals surface area contributed by atoms with Gasteiger partial charge in [0.2, 0.25) is 5.91 Å². The number of amides is 1. The van der Waals surface area contributed by atoms with Gasteiger partial charge in [0, 0.05) is 42.8 Å². The van der Waals surface area contributed by atoms with Crippen molar-refractivity contribution < 1.29 is 4.79 Å². The number of benzene rings is 1. The van der Waals surface area contributed by atoms with Gasteiger partial charge in [-0.25, -0.2) is 9.97 Å². The first-order valence-corrected chi connectivity index (χ1v) is 13.0. The van der Waals surface area contributed by atoms with Gasteiger partial charge in [0.05, 0.1) is 6.67 Å². The number of allylic oxidation sites excluding steroid dienone is 3. The van der Waals surface area contributed by atoms with Crippen molar-refractivity contribution in [3.05, 3.63) is 104 Å². The van der Waals surface area contributed by atoms with Crippen LogP contribution in [0.1, 0.15) is 40.5 Å². The molecule has 3 aliphatic rings. The molecule has 1 atom stereocenters. The number of rotatable bonds is 6. The van der Waals surface area contributed by atoms with E-state index in [2.05, 4.69) is 61.9 Å². The number of carbonyl (C=O) groups is 1. The van der Waals surface area contributed by atoms with E-state index in [9.17, 15) is 9.59 Å². The molecular weight excluding hydrogens is 478 g/mol. The van der Waals surface area contributed by atoms with Crippen LogP contribution in [0.2, 0.25) is 0 Å². The monoisotopic (exact) mass is 509 g/mol. The largest absolute Gasteiger partial charge is 0.384 e. The average molecular weight is 510 g/mol. The number of nitrogens with zero attached hydrogens (tertiary/aromatic N) is 4. The number of nitrogens with one attached hydrogen (secondary N) is 2. The molecule has 4 N–H and O–H groups in total. The zero-order chi connectivity index (χ0) is 26.2. The van der Waals surface area contributed by atoms with Crippen LogP contribution in [0.5, 0.6) is 0 Å². The molecule has 4 heterocycles. The number of carbonyl (C=O) groups excluding carboxylic acids is 1. The van der Waals surface area contributed by atoms with Crippen LogP contribution in [0.3, 0.4) is 0 Å². The number of anilines is 2. The third kappa shape index (κ3) is 4.44. The molecule has 0 bridgehead atoms. The summed E-state index contributed by atoms with van der Waals surface area (Å²) in [5.41, 5.74) is 13.2. The normalized spacial score (nSPS) is 17.6. The molecule has 0 saturated heterocycles. The van der Waals surface area contributed by atoms with Crippen molar-refractivity contribution in [2.45, 2.75) is 45.2 Å². The zero-order valence-corrected chi connectivity index (χ0v) is 21.4. The molecule has 3 aromatic rings. The van der Waals surface area contributed by atoms with Crippen molar-refractivity contribution in [2.24, 2.45) is 0 Å². The highest BCUT2D eigenvalue weighted by Crippen LogP contribution is 2.31. The Morgan fingerprint density at radius 1 is 1.16 bits per heavy atom. The van der Waals surface area contributed by atoms with Crippen molar-refractivity contribution in [2.75, 3.05) is 24.3 Å². The third-order valence-corrected chi connectivity index (χ3v) is 7.72. The molecule has 38 heavy (non-hydrogen) atoms. The fourth-order valence-electron chi connectivity index (χ4n) is 5.64. The molecule has 1 aliphatic carbocycles. The number of nitrogen functional groups attached to an aromatic ring is 1. The number of pyridine rings is 1. The van der Waals surface area contributed by atoms with E-state index >= 15 is 0 Å². The smallest absolute Gasteiger partial charge is 0.294 e. The van der Waals surface area contributed by atoms with Gasteiger partial charge < -0.3 is 21.3 Å². The summed E-state index contributed by atoms with van der Waals surface area (Å²) < 4.78 is 1.59. The topological polar surface area (TPSA) is 118 Å². The van der Waals surface area contributed by atoms with Gasteiger partial charge in [-0.2, -0.15) is 0 Å². The molecular formula is C29H31N7O2. The van der Waals surface area contributed by atoms with Crippen molar-refractivity contribution in [3.63, 3.8) is 0 Å². The van der Waals surface area contributed by atoms with Crippen molar-refractivity contribution in [1.29, 1.82) is 0 Å². The summed E-state index contributed by atoms with van der Waals surface area (Å²) >= 11 is 0. The zero-order valence-electron chi connectivity index (χ0n) is 21.4. The maximum atomic E-state index is 13.5. The molecule has 1 aromatic carbocycles. The van der Waals surface area contributed by atoms with Crippen molar-refractivity contribution in [3.8, 4) is 0 Å². The highest BCUT2D eigenvalue weighted by atomic mass is 16.2. The molecule has 0 spiro atoms. The lowest BCUT2D eigenvalue weighted by Gasteiger charge is -2.34. The van der Waals surface area contributed by atoms with Crippen LogP contribution < -0.4 is 21.9 Å². The van der Waals surface area contributed by atoms with E-state index in [1.807, 2.05) is 13.0 Å². The number of hydrogen-bond donors (Lipinski definition) is 3. The summed E-state index contributed by atoms with van der Waals surface area (Å²) in [6.45, 7) is 3.43. The van der Waals surface area contributed by atoms with Crippen LogP contribution in [0.25, 0.3) is 0 Å². The molecule has 1 amide bonds. The molecule has 194 valence electrons. The average Bonchev–Trinajstić information content (AvgIpc) is 3.36. The van der Waals surface area contributed by atoms with Crippen LogP contribution in [0.15, 0.2) is 70.8 Å². The summed E-state index contributed by atoms with van der Waals surface area (Å²) in [6, 6.07) is 11.6. The number of nitrogens with two attached hydrogens (primary N) is 1. The minimum atomic E-state index is -0.565. The SMILES string of the molecule is Cc1nc(N)ccc1CNC(=O)[C@@H]1CCc2cnc(NCN3CC=CC4=C3Cc3ccccc3C4)c(=O)n21. The Kier molecular flexibility index (Phi) is 6.19. The van der Waals surface area contributed by atoms with Crippen LogP contribution in [0.4, 0.5) is 11.6 Å². The number of hydrogen-bond acceptors (Lipinski definition) is 7. The number of fused-ring (bicyclic) bond motifs is 2. The van der Waals surface area contributed by atoms with Crippen molar-refractivity contribution in [1.82, 2.24) is 24.8 Å². The summed E-state index contributed by atoms with van der Waals surface area (Å²) in [5, 5.41) is 6.23. The molecule has 0 fully saturated rings. The number of aromatic nitrogens is 3. The van der Waals surface area contributed by atoms with Crippen LogP contribution >= 0.6 is 0 Å². The maximum Gasteiger partial charge on any atom is 0.294 e. The summed E-state index contributed by atoms with van der Waals surface area (Å²) in [5.74, 6) is 0.527. The summed E-state index contributed by atoms with van der Waals surface area (Å²) in [4.78, 5) is 37.5. The van der Waals surface area contributed by atoms with Gasteiger partial charge in [-0.05, 0) is 54.5 Å². The Balaban J connectivity index is 1.15. The minimum absolute atomic E-state index is 0.184. The second kappa shape index (κ2) is 9.81. The molecule has 6 rings (SSSR count). The van der Waals surface area contributed by atoms with Crippen molar-refractivity contribution >= 4 is 17.5 Å². The molecule has 2 aromatic heterocycles. The fourth-order valence-corrected chi connectivity index (χ4v) is 5.64. The van der Waals surface area contributed by atoms with E-state index in [1.54, 1.807) is 16.8 Å². The van der Waals surface area contributed by atoms with Gasteiger partial charge >= 0.3 is 0 Å². The standard InChI is InChI=1S/C29H31N7O2/c1-18-22(8-11-26(30)34-18)15-32-28(37)24-10-9-23-16-31-27(29(38)36(23)24)33-17-35-12-4-7-21-13-19-5-2-3-6-20(19)14-25(21)35/h2-8,11,16,24H,9-10,12-15,17H2,1H3,(H2,30,34)(H,31,33)(H,32,37)/t24-/m0/s1. The van der Waals surface area contributed by atoms with Crippen LogP contribution in [-0.4, -0.2) is 38.6 Å². The lowest BCUT2D eigenvalue weighted by Crippen LogP contribution is -2.38. The Morgan fingerprint density at radius 3 is 2.79 bits per heavy atom. The van der Waals surface area contributed by atoms with E-state index in [4.69, 9.17) is 5.73 Å². The Hall–Kier alpha value is -4.40. The Morgan fingerprint density at radius 2 is 1.97 bits per heavy atom. The molecule has 0 saturated carbocycles. The maximum absolute atomic E-state index is 13.5. The van der Waals surface area contributed by atoms with Gasteiger partial charge in [-0.15, -0.1) is 0 Å². The third-order valence-electron chi connectivity index (χ3n) is 7.72. The van der Waals surface area contributed by atoms with Gasteiger partial charge in [0.15, 0.2) is 5.82 Å². The first kappa shape index (κ1) is 24.0. The Labute approximate surface area is 221 Å². The van der Waals surface area contributed by atoms with Gasteiger partial charge in [0.1, 0.15) is 11.9 Å². The molecule has 2 aliphatic heterocycles. The predicted molar refractivity (Wildman–Crippen MR) is 146 cm³/mol. The highest BCUT2D eigenvalue weighted by molar-refractivity contribution is 5.81. The van der Waals surface area contributed by atoms with Crippen LogP contribution in [-0.2, 0) is 30.6 Å². The van der Waals surface area contributed by atoms with E-state index in [0.29, 0.717) is 31.9 Å². The van der Waals surface area contributed by atoms with Gasteiger partial charge in [0.25, 0.3) is 5.56 Å². The Bertz CT molecular complexity index is 1540. The first-order valence-electron chi connectivity index (χ1n) is 13.0. The summed E-state index contributed by atoms with van der Waals surface area (Å²) in [7, 11) is 0. The second-order valence-electron chi connectivity index (χ2n) is 10.1. The van der Waals surface area contributed by atoms with E-state index in [-0.39, 0.29) is 17.3 Å². The van der Waals surface area contributed by atoms with E-state index in [1.165, 1.54) is 22.4 Å². The first-order chi connectivity index (χ1) is 18.5. The number of aryl methyl sites for hydroxylation is 2. The van der Waals surface area contributed by atoms with Gasteiger partial charge in [-0.3, -0.25) is 14.2 Å².